The van der Waals surface area contributed by atoms with Crippen LogP contribution in [0.15, 0.2) is 73.1 Å². The molecule has 1 aliphatic heterocycles. The number of fused-ring (bicyclic) bond motifs is 1. The van der Waals surface area contributed by atoms with Gasteiger partial charge >= 0.3 is 0 Å². The summed E-state index contributed by atoms with van der Waals surface area (Å²) in [5.41, 5.74) is 4.54. The summed E-state index contributed by atoms with van der Waals surface area (Å²) in [6.07, 6.45) is 5.76. The minimum Gasteiger partial charge on any atom is -0.481 e. The molecule has 0 unspecified atom stereocenters. The number of aryl methyl sites for hydroxylation is 1. The molecule has 0 radical (unpaired) electrons. The molecule has 6 rings (SSSR count). The predicted octanol–water partition coefficient (Wildman–Crippen LogP) is 6.05. The summed E-state index contributed by atoms with van der Waals surface area (Å²) in [4.78, 5) is 28.3. The van der Waals surface area contributed by atoms with Gasteiger partial charge in [0.25, 0.3) is 5.91 Å². The largest absolute Gasteiger partial charge is 0.481 e. The van der Waals surface area contributed by atoms with E-state index in [1.54, 1.807) is 37.7 Å². The molecule has 0 saturated carbocycles. The highest BCUT2D eigenvalue weighted by atomic mass is 35.5. The molecule has 11 heteroatoms. The first-order valence-corrected chi connectivity index (χ1v) is 14.5. The van der Waals surface area contributed by atoms with Crippen molar-refractivity contribution in [1.82, 2.24) is 29.7 Å². The number of carbonyl (C=O) groups is 1. The SMILES string of the molecule is COc1ccc(-c2cc(Nc3nc4cc(Oc5ccnc(C(=O)NCCN6CCCC6)c5)ccc4n3C)ccc2Cl)cn1. The van der Waals surface area contributed by atoms with E-state index in [0.717, 1.165) is 47.5 Å². The molecule has 10 nitrogen and oxygen atoms in total. The van der Waals surface area contributed by atoms with Gasteiger partial charge in [-0.3, -0.25) is 9.78 Å². The highest BCUT2D eigenvalue weighted by Crippen LogP contribution is 2.33. The molecule has 1 fully saturated rings. The number of hydrogen-bond donors (Lipinski definition) is 2. The third kappa shape index (κ3) is 6.55. The molecule has 0 spiro atoms. The molecular formula is C32H32ClN7O3. The molecule has 0 bridgehead atoms. The van der Waals surface area contributed by atoms with Crippen LogP contribution in [0.2, 0.25) is 5.02 Å². The molecule has 43 heavy (non-hydrogen) atoms. The van der Waals surface area contributed by atoms with E-state index in [-0.39, 0.29) is 5.91 Å². The Balaban J connectivity index is 1.15. The summed E-state index contributed by atoms with van der Waals surface area (Å²) in [6.45, 7) is 3.64. The van der Waals surface area contributed by atoms with Gasteiger partial charge in [-0.05, 0) is 68.4 Å². The Bertz CT molecular complexity index is 1750. The van der Waals surface area contributed by atoms with Crippen LogP contribution in [0.1, 0.15) is 23.3 Å². The Morgan fingerprint density at radius 1 is 1.00 bits per heavy atom. The second-order valence-electron chi connectivity index (χ2n) is 10.3. The maximum atomic E-state index is 12.7. The number of nitrogens with zero attached hydrogens (tertiary/aromatic N) is 5. The summed E-state index contributed by atoms with van der Waals surface area (Å²) >= 11 is 6.51. The Hall–Kier alpha value is -4.67. The van der Waals surface area contributed by atoms with Gasteiger partial charge in [0, 0.05) is 72.6 Å². The van der Waals surface area contributed by atoms with Gasteiger partial charge < -0.3 is 29.6 Å². The summed E-state index contributed by atoms with van der Waals surface area (Å²) < 4.78 is 13.2. The predicted molar refractivity (Wildman–Crippen MR) is 168 cm³/mol. The van der Waals surface area contributed by atoms with E-state index in [2.05, 4.69) is 25.5 Å². The number of halogens is 1. The van der Waals surface area contributed by atoms with Gasteiger partial charge in [0.1, 0.15) is 17.2 Å². The van der Waals surface area contributed by atoms with Crippen molar-refractivity contribution in [2.45, 2.75) is 12.8 Å². The molecule has 0 atom stereocenters. The summed E-state index contributed by atoms with van der Waals surface area (Å²) in [5, 5.41) is 6.97. The zero-order valence-corrected chi connectivity index (χ0v) is 24.8. The Labute approximate surface area is 254 Å². The van der Waals surface area contributed by atoms with Crippen molar-refractivity contribution in [3.05, 3.63) is 83.8 Å². The van der Waals surface area contributed by atoms with Crippen LogP contribution in [-0.2, 0) is 7.05 Å². The van der Waals surface area contributed by atoms with Gasteiger partial charge in [0.05, 0.1) is 18.1 Å². The van der Waals surface area contributed by atoms with Crippen LogP contribution in [0.25, 0.3) is 22.2 Å². The van der Waals surface area contributed by atoms with E-state index < -0.39 is 0 Å². The molecule has 3 aromatic heterocycles. The van der Waals surface area contributed by atoms with Crippen LogP contribution in [-0.4, -0.2) is 63.6 Å². The van der Waals surface area contributed by atoms with Gasteiger partial charge in [-0.15, -0.1) is 0 Å². The normalized spacial score (nSPS) is 13.3. The number of ether oxygens (including phenoxy) is 2. The maximum absolute atomic E-state index is 12.7. The third-order valence-corrected chi connectivity index (χ3v) is 7.77. The fourth-order valence-corrected chi connectivity index (χ4v) is 5.35. The molecule has 1 amide bonds. The number of likely N-dealkylation sites (tertiary alicyclic amines) is 1. The van der Waals surface area contributed by atoms with Crippen molar-refractivity contribution in [2.75, 3.05) is 38.6 Å². The van der Waals surface area contributed by atoms with Crippen molar-refractivity contribution in [1.29, 1.82) is 0 Å². The minimum atomic E-state index is -0.214. The number of amides is 1. The summed E-state index contributed by atoms with van der Waals surface area (Å²) in [6, 6.07) is 18.5. The monoisotopic (exact) mass is 597 g/mol. The third-order valence-electron chi connectivity index (χ3n) is 7.44. The summed E-state index contributed by atoms with van der Waals surface area (Å²) in [5.74, 6) is 2.11. The van der Waals surface area contributed by atoms with Crippen molar-refractivity contribution in [2.24, 2.45) is 7.05 Å². The van der Waals surface area contributed by atoms with Crippen LogP contribution >= 0.6 is 11.6 Å². The van der Waals surface area contributed by atoms with E-state index in [9.17, 15) is 4.79 Å². The lowest BCUT2D eigenvalue weighted by Gasteiger charge is -2.14. The molecule has 2 N–H and O–H groups in total. The number of benzene rings is 2. The lowest BCUT2D eigenvalue weighted by atomic mass is 10.1. The number of carbonyl (C=O) groups excluding carboxylic acids is 1. The molecule has 2 aromatic carbocycles. The minimum absolute atomic E-state index is 0.214. The number of hydrogen-bond acceptors (Lipinski definition) is 8. The quantitative estimate of drug-likeness (QED) is 0.200. The van der Waals surface area contributed by atoms with Gasteiger partial charge in [0.2, 0.25) is 11.8 Å². The van der Waals surface area contributed by atoms with E-state index in [1.807, 2.05) is 54.1 Å². The average Bonchev–Trinajstić information content (AvgIpc) is 3.65. The number of methoxy groups -OCH3 is 1. The molecule has 220 valence electrons. The second kappa shape index (κ2) is 12.7. The Morgan fingerprint density at radius 2 is 1.84 bits per heavy atom. The van der Waals surface area contributed by atoms with Crippen LogP contribution in [0.5, 0.6) is 17.4 Å². The fourth-order valence-electron chi connectivity index (χ4n) is 5.13. The van der Waals surface area contributed by atoms with Gasteiger partial charge in [-0.25, -0.2) is 9.97 Å². The number of anilines is 2. The van der Waals surface area contributed by atoms with Crippen LogP contribution in [0, 0.1) is 0 Å². The molecule has 5 aromatic rings. The molecule has 1 saturated heterocycles. The number of rotatable bonds is 10. The average molecular weight is 598 g/mol. The second-order valence-corrected chi connectivity index (χ2v) is 10.7. The van der Waals surface area contributed by atoms with Gasteiger partial charge in [0.15, 0.2) is 0 Å². The Morgan fingerprint density at radius 3 is 2.63 bits per heavy atom. The van der Waals surface area contributed by atoms with Gasteiger partial charge in [-0.1, -0.05) is 11.6 Å². The van der Waals surface area contributed by atoms with Crippen molar-refractivity contribution >= 4 is 40.2 Å². The van der Waals surface area contributed by atoms with E-state index in [0.29, 0.717) is 40.6 Å². The van der Waals surface area contributed by atoms with Crippen LogP contribution < -0.4 is 20.1 Å². The standard InChI is InChI=1S/C32H32ClN7O3/c1-39-29-9-7-23(43-24-11-12-34-28(19-24)31(41)35-13-16-40-14-3-4-15-40)18-27(29)38-32(39)37-22-6-8-26(33)25(17-22)21-5-10-30(42-2)36-20-21/h5-12,17-20H,3-4,13-16H2,1-2H3,(H,35,41)(H,37,38). The van der Waals surface area contributed by atoms with Crippen molar-refractivity contribution in [3.63, 3.8) is 0 Å². The number of pyridine rings is 2. The summed E-state index contributed by atoms with van der Waals surface area (Å²) in [7, 11) is 3.53. The smallest absolute Gasteiger partial charge is 0.270 e. The number of nitrogens with one attached hydrogen (secondary N) is 2. The zero-order chi connectivity index (χ0) is 29.8. The lowest BCUT2D eigenvalue weighted by Crippen LogP contribution is -2.33. The van der Waals surface area contributed by atoms with Crippen LogP contribution in [0.4, 0.5) is 11.6 Å². The van der Waals surface area contributed by atoms with Crippen molar-refractivity contribution < 1.29 is 14.3 Å². The topological polar surface area (TPSA) is 106 Å². The highest BCUT2D eigenvalue weighted by molar-refractivity contribution is 6.33. The van der Waals surface area contributed by atoms with E-state index in [4.69, 9.17) is 26.1 Å². The first-order valence-electron chi connectivity index (χ1n) is 14.1. The lowest BCUT2D eigenvalue weighted by molar-refractivity contribution is 0.0944. The van der Waals surface area contributed by atoms with E-state index in [1.165, 1.54) is 12.8 Å². The van der Waals surface area contributed by atoms with Crippen molar-refractivity contribution in [3.8, 4) is 28.5 Å². The maximum Gasteiger partial charge on any atom is 0.270 e. The fraction of sp³-hybridized carbons (Fsp3) is 0.250. The highest BCUT2D eigenvalue weighted by Gasteiger charge is 2.15. The molecular weight excluding hydrogens is 566 g/mol. The van der Waals surface area contributed by atoms with Gasteiger partial charge in [-0.2, -0.15) is 0 Å². The Kier molecular flexibility index (Phi) is 8.39. The zero-order valence-electron chi connectivity index (χ0n) is 24.0. The van der Waals surface area contributed by atoms with E-state index >= 15 is 0 Å². The molecule has 0 aliphatic carbocycles. The number of aromatic nitrogens is 4. The number of imidazole rings is 1. The molecule has 4 heterocycles. The first kappa shape index (κ1) is 28.4. The van der Waals surface area contributed by atoms with Crippen LogP contribution in [0.3, 0.4) is 0 Å². The molecule has 1 aliphatic rings. The first-order chi connectivity index (χ1) is 21.0.